The van der Waals surface area contributed by atoms with Crippen LogP contribution in [0.4, 0.5) is 0 Å². The van der Waals surface area contributed by atoms with E-state index in [0.717, 1.165) is 15.7 Å². The van der Waals surface area contributed by atoms with E-state index >= 15 is 0 Å². The van der Waals surface area contributed by atoms with Crippen molar-refractivity contribution in [2.75, 3.05) is 6.54 Å². The first kappa shape index (κ1) is 20.1. The van der Waals surface area contributed by atoms with Crippen LogP contribution in [0.25, 0.3) is 0 Å². The monoisotopic (exact) mass is 435 g/mol. The second kappa shape index (κ2) is 10.1. The predicted octanol–water partition coefficient (Wildman–Crippen LogP) is 4.15. The second-order valence-electron chi connectivity index (χ2n) is 5.58. The molecule has 0 heterocycles. The molecule has 5 nitrogen and oxygen atoms in total. The number of carbonyl (C=O) groups is 2. The lowest BCUT2D eigenvalue weighted by atomic mass is 10.1. The molecule has 2 aromatic carbocycles. The summed E-state index contributed by atoms with van der Waals surface area (Å²) >= 11 is 9.34. The molecule has 7 heteroatoms. The minimum atomic E-state index is -0.250. The lowest BCUT2D eigenvalue weighted by Crippen LogP contribution is -2.26. The fourth-order valence-corrected chi connectivity index (χ4v) is 2.64. The normalized spacial score (nSPS) is 11.1. The van der Waals surface area contributed by atoms with E-state index in [2.05, 4.69) is 31.8 Å². The van der Waals surface area contributed by atoms with Crippen LogP contribution >= 0.6 is 27.5 Å². The van der Waals surface area contributed by atoms with Crippen LogP contribution in [0.15, 0.2) is 58.1 Å². The Balaban J connectivity index is 1.72. The SMILES string of the molecule is CC(=NNC(=O)CCCNC(=O)c1ccccc1Cl)c1ccc(Br)cc1. The van der Waals surface area contributed by atoms with E-state index in [1.807, 2.05) is 31.2 Å². The number of nitrogens with zero attached hydrogens (tertiary/aromatic N) is 1. The zero-order valence-corrected chi connectivity index (χ0v) is 16.6. The molecule has 0 aliphatic rings. The fourth-order valence-electron chi connectivity index (χ4n) is 2.15. The highest BCUT2D eigenvalue weighted by Crippen LogP contribution is 2.14. The summed E-state index contributed by atoms with van der Waals surface area (Å²) in [4.78, 5) is 23.8. The molecule has 136 valence electrons. The van der Waals surface area contributed by atoms with Gasteiger partial charge in [0.1, 0.15) is 0 Å². The molecule has 0 radical (unpaired) electrons. The molecule has 2 N–H and O–H groups in total. The van der Waals surface area contributed by atoms with Gasteiger partial charge in [-0.1, -0.05) is 51.8 Å². The Morgan fingerprint density at radius 3 is 2.50 bits per heavy atom. The third kappa shape index (κ3) is 6.28. The summed E-state index contributed by atoms with van der Waals surface area (Å²) in [6.07, 6.45) is 0.773. The van der Waals surface area contributed by atoms with Crippen LogP contribution in [0, 0.1) is 0 Å². The first-order valence-corrected chi connectivity index (χ1v) is 9.26. The van der Waals surface area contributed by atoms with Crippen LogP contribution in [-0.4, -0.2) is 24.1 Å². The zero-order chi connectivity index (χ0) is 18.9. The minimum Gasteiger partial charge on any atom is -0.352 e. The summed E-state index contributed by atoms with van der Waals surface area (Å²) in [6.45, 7) is 2.21. The van der Waals surface area contributed by atoms with Crippen molar-refractivity contribution < 1.29 is 9.59 Å². The summed E-state index contributed by atoms with van der Waals surface area (Å²) in [5.41, 5.74) is 4.60. The Morgan fingerprint density at radius 2 is 1.81 bits per heavy atom. The summed E-state index contributed by atoms with van der Waals surface area (Å²) in [5, 5.41) is 7.24. The molecule has 2 aromatic rings. The molecule has 0 saturated carbocycles. The molecule has 2 rings (SSSR count). The molecular formula is C19H19BrClN3O2. The fraction of sp³-hybridized carbons (Fsp3) is 0.211. The smallest absolute Gasteiger partial charge is 0.252 e. The van der Waals surface area contributed by atoms with Gasteiger partial charge < -0.3 is 5.32 Å². The number of halogens is 2. The number of carbonyl (C=O) groups excluding carboxylic acids is 2. The second-order valence-corrected chi connectivity index (χ2v) is 6.90. The third-order valence-corrected chi connectivity index (χ3v) is 4.45. The first-order chi connectivity index (χ1) is 12.5. The standard InChI is InChI=1S/C19H19BrClN3O2/c1-13(14-8-10-15(20)11-9-14)23-24-18(25)7-4-12-22-19(26)16-5-2-3-6-17(16)21/h2-3,5-6,8-11H,4,7,12H2,1H3,(H,22,26)(H,24,25). The Hall–Kier alpha value is -2.18. The van der Waals surface area contributed by atoms with Gasteiger partial charge in [0, 0.05) is 17.4 Å². The molecular weight excluding hydrogens is 418 g/mol. The molecule has 0 aliphatic heterocycles. The number of rotatable bonds is 7. The van der Waals surface area contributed by atoms with Gasteiger partial charge in [-0.15, -0.1) is 0 Å². The highest BCUT2D eigenvalue weighted by Gasteiger charge is 2.09. The molecule has 0 fully saturated rings. The zero-order valence-electron chi connectivity index (χ0n) is 14.3. The Bertz CT molecular complexity index is 807. The number of benzene rings is 2. The Kier molecular flexibility index (Phi) is 7.81. The van der Waals surface area contributed by atoms with E-state index in [-0.39, 0.29) is 18.2 Å². The number of amides is 2. The van der Waals surface area contributed by atoms with Gasteiger partial charge in [-0.3, -0.25) is 9.59 Å². The van der Waals surface area contributed by atoms with Crippen molar-refractivity contribution in [3.63, 3.8) is 0 Å². The average Bonchev–Trinajstić information content (AvgIpc) is 2.64. The van der Waals surface area contributed by atoms with E-state index in [1.165, 1.54) is 0 Å². The van der Waals surface area contributed by atoms with Crippen LogP contribution in [0.3, 0.4) is 0 Å². The number of hydrogen-bond acceptors (Lipinski definition) is 3. The van der Waals surface area contributed by atoms with Crippen molar-refractivity contribution in [3.8, 4) is 0 Å². The quantitative estimate of drug-likeness (QED) is 0.389. The Morgan fingerprint density at radius 1 is 1.12 bits per heavy atom. The summed E-state index contributed by atoms with van der Waals surface area (Å²) in [5.74, 6) is -0.450. The third-order valence-electron chi connectivity index (χ3n) is 3.59. The van der Waals surface area contributed by atoms with Crippen molar-refractivity contribution in [2.45, 2.75) is 19.8 Å². The van der Waals surface area contributed by atoms with Crippen LogP contribution in [0.1, 0.15) is 35.7 Å². The molecule has 0 bridgehead atoms. The maximum Gasteiger partial charge on any atom is 0.252 e. The van der Waals surface area contributed by atoms with Gasteiger partial charge >= 0.3 is 0 Å². The number of nitrogens with one attached hydrogen (secondary N) is 2. The highest BCUT2D eigenvalue weighted by molar-refractivity contribution is 9.10. The van der Waals surface area contributed by atoms with E-state index in [9.17, 15) is 9.59 Å². The molecule has 0 aliphatic carbocycles. The summed E-state index contributed by atoms with van der Waals surface area (Å²) in [6, 6.07) is 14.5. The molecule has 2 amide bonds. The summed E-state index contributed by atoms with van der Waals surface area (Å²) < 4.78 is 0.983. The minimum absolute atomic E-state index is 0.201. The van der Waals surface area contributed by atoms with Crippen molar-refractivity contribution >= 4 is 45.1 Å². The van der Waals surface area contributed by atoms with E-state index in [1.54, 1.807) is 24.3 Å². The van der Waals surface area contributed by atoms with Gasteiger partial charge in [0.25, 0.3) is 5.91 Å². The number of hydrogen-bond donors (Lipinski definition) is 2. The lowest BCUT2D eigenvalue weighted by molar-refractivity contribution is -0.121. The topological polar surface area (TPSA) is 70.6 Å². The van der Waals surface area contributed by atoms with Gasteiger partial charge in [0.05, 0.1) is 16.3 Å². The molecule has 0 atom stereocenters. The van der Waals surface area contributed by atoms with Crippen LogP contribution in [-0.2, 0) is 4.79 Å². The first-order valence-electron chi connectivity index (χ1n) is 8.09. The van der Waals surface area contributed by atoms with Crippen molar-refractivity contribution in [2.24, 2.45) is 5.10 Å². The van der Waals surface area contributed by atoms with E-state index in [4.69, 9.17) is 11.6 Å². The summed E-state index contributed by atoms with van der Waals surface area (Å²) in [7, 11) is 0. The van der Waals surface area contributed by atoms with Crippen molar-refractivity contribution in [3.05, 3.63) is 69.2 Å². The largest absolute Gasteiger partial charge is 0.352 e. The highest BCUT2D eigenvalue weighted by atomic mass is 79.9. The maximum absolute atomic E-state index is 12.0. The van der Waals surface area contributed by atoms with Gasteiger partial charge in [-0.25, -0.2) is 5.43 Å². The maximum atomic E-state index is 12.0. The number of hydrazone groups is 1. The van der Waals surface area contributed by atoms with Gasteiger partial charge in [0.15, 0.2) is 0 Å². The van der Waals surface area contributed by atoms with Gasteiger partial charge in [0.2, 0.25) is 5.91 Å². The molecule has 26 heavy (non-hydrogen) atoms. The molecule has 0 spiro atoms. The van der Waals surface area contributed by atoms with Crippen LogP contribution < -0.4 is 10.7 Å². The molecule has 0 aromatic heterocycles. The lowest BCUT2D eigenvalue weighted by Gasteiger charge is -2.06. The van der Waals surface area contributed by atoms with Crippen LogP contribution in [0.5, 0.6) is 0 Å². The molecule has 0 unspecified atom stereocenters. The van der Waals surface area contributed by atoms with Gasteiger partial charge in [-0.05, 0) is 43.2 Å². The van der Waals surface area contributed by atoms with Crippen molar-refractivity contribution in [1.82, 2.24) is 10.7 Å². The average molecular weight is 437 g/mol. The van der Waals surface area contributed by atoms with E-state index < -0.39 is 0 Å². The van der Waals surface area contributed by atoms with Crippen molar-refractivity contribution in [1.29, 1.82) is 0 Å². The molecule has 0 saturated heterocycles. The Labute approximate surface area is 166 Å². The van der Waals surface area contributed by atoms with E-state index in [0.29, 0.717) is 23.6 Å². The van der Waals surface area contributed by atoms with Crippen LogP contribution in [0.2, 0.25) is 5.02 Å². The predicted molar refractivity (Wildman–Crippen MR) is 108 cm³/mol. The van der Waals surface area contributed by atoms with Gasteiger partial charge in [-0.2, -0.15) is 5.10 Å².